The lowest BCUT2D eigenvalue weighted by molar-refractivity contribution is -0.138. The fraction of sp³-hybridized carbons (Fsp3) is 0.750. The smallest absolute Gasteiger partial charge is 0.330 e. The van der Waals surface area contributed by atoms with E-state index in [-0.39, 0.29) is 17.7 Å². The lowest BCUT2D eigenvalue weighted by atomic mass is 10.1. The molecule has 1 aliphatic rings. The predicted octanol–water partition coefficient (Wildman–Crippen LogP) is 1.14. The van der Waals surface area contributed by atoms with Gasteiger partial charge in [0, 0.05) is 12.1 Å². The first kappa shape index (κ1) is 13.2. The van der Waals surface area contributed by atoms with Crippen LogP contribution in [0.25, 0.3) is 0 Å². The summed E-state index contributed by atoms with van der Waals surface area (Å²) in [6, 6.07) is 0.148. The van der Waals surface area contributed by atoms with Crippen LogP contribution in [0.1, 0.15) is 26.7 Å². The molecule has 2 atom stereocenters. The van der Waals surface area contributed by atoms with Gasteiger partial charge >= 0.3 is 5.97 Å². The molecule has 1 saturated heterocycles. The zero-order valence-corrected chi connectivity index (χ0v) is 10.5. The molecule has 1 fully saturated rings. The van der Waals surface area contributed by atoms with E-state index in [1.54, 1.807) is 0 Å². The summed E-state index contributed by atoms with van der Waals surface area (Å²) in [6.45, 7) is 9.07. The average Bonchev–Trinajstić information content (AvgIpc) is 2.55. The van der Waals surface area contributed by atoms with Crippen LogP contribution in [0.3, 0.4) is 0 Å². The number of carbonyl (C=O) groups excluding carboxylic acids is 1. The maximum Gasteiger partial charge on any atom is 0.330 e. The summed E-state index contributed by atoms with van der Waals surface area (Å²) in [4.78, 5) is 13.2. The molecular formula is C12H22N2O2. The number of esters is 1. The normalized spacial score (nSPS) is 27.7. The minimum atomic E-state index is -0.362. The van der Waals surface area contributed by atoms with E-state index in [1.807, 2.05) is 6.92 Å². The molecule has 92 valence electrons. The number of carbonyl (C=O) groups is 1. The van der Waals surface area contributed by atoms with E-state index < -0.39 is 0 Å². The van der Waals surface area contributed by atoms with Crippen LogP contribution in [-0.2, 0) is 9.53 Å². The molecule has 0 aliphatic carbocycles. The van der Waals surface area contributed by atoms with Crippen LogP contribution in [0.4, 0.5) is 0 Å². The van der Waals surface area contributed by atoms with Gasteiger partial charge in [-0.15, -0.1) is 0 Å². The van der Waals surface area contributed by atoms with Crippen molar-refractivity contribution in [3.63, 3.8) is 0 Å². The van der Waals surface area contributed by atoms with Crippen molar-refractivity contribution in [2.24, 2.45) is 0 Å². The third-order valence-corrected chi connectivity index (χ3v) is 3.20. The molecule has 0 aromatic rings. The van der Waals surface area contributed by atoms with Crippen molar-refractivity contribution in [1.82, 2.24) is 10.2 Å². The van der Waals surface area contributed by atoms with Crippen molar-refractivity contribution in [2.45, 2.75) is 38.4 Å². The summed E-state index contributed by atoms with van der Waals surface area (Å²) in [5.74, 6) is -0.362. The quantitative estimate of drug-likeness (QED) is 0.564. The van der Waals surface area contributed by atoms with Gasteiger partial charge in [-0.2, -0.15) is 0 Å². The van der Waals surface area contributed by atoms with Crippen molar-refractivity contribution in [1.29, 1.82) is 0 Å². The predicted molar refractivity (Wildman–Crippen MR) is 64.0 cm³/mol. The summed E-state index contributed by atoms with van der Waals surface area (Å²) < 4.78 is 5.01. The molecule has 16 heavy (non-hydrogen) atoms. The largest absolute Gasteiger partial charge is 0.461 e. The van der Waals surface area contributed by atoms with E-state index in [4.69, 9.17) is 4.74 Å². The second-order valence-electron chi connectivity index (χ2n) is 4.68. The third kappa shape index (κ3) is 3.32. The maximum atomic E-state index is 10.9. The van der Waals surface area contributed by atoms with Gasteiger partial charge in [0.1, 0.15) is 6.61 Å². The molecule has 0 radical (unpaired) electrons. The fourth-order valence-electron chi connectivity index (χ4n) is 2.12. The Labute approximate surface area is 97.6 Å². The lowest BCUT2D eigenvalue weighted by Gasteiger charge is -2.36. The summed E-state index contributed by atoms with van der Waals surface area (Å²) in [6.07, 6.45) is 3.53. The second-order valence-corrected chi connectivity index (χ2v) is 4.68. The Balaban J connectivity index is 2.35. The SMILES string of the molecule is C=CC(=O)OCC(C)NC1(C)CCCN1C. The summed E-state index contributed by atoms with van der Waals surface area (Å²) in [5, 5.41) is 3.50. The van der Waals surface area contributed by atoms with E-state index in [0.717, 1.165) is 13.0 Å². The Hall–Kier alpha value is -0.870. The van der Waals surface area contributed by atoms with Gasteiger partial charge < -0.3 is 4.74 Å². The highest BCUT2D eigenvalue weighted by atomic mass is 16.5. The van der Waals surface area contributed by atoms with Gasteiger partial charge in [-0.05, 0) is 40.3 Å². The van der Waals surface area contributed by atoms with Crippen LogP contribution in [0.5, 0.6) is 0 Å². The molecule has 4 nitrogen and oxygen atoms in total. The molecule has 0 bridgehead atoms. The molecular weight excluding hydrogens is 204 g/mol. The number of ether oxygens (including phenoxy) is 1. The van der Waals surface area contributed by atoms with E-state index in [0.29, 0.717) is 6.61 Å². The zero-order valence-electron chi connectivity index (χ0n) is 10.5. The highest BCUT2D eigenvalue weighted by molar-refractivity contribution is 5.81. The molecule has 1 aliphatic heterocycles. The second kappa shape index (κ2) is 5.46. The molecule has 0 amide bonds. The number of nitrogens with zero attached hydrogens (tertiary/aromatic N) is 1. The van der Waals surface area contributed by atoms with Crippen LogP contribution in [0, 0.1) is 0 Å². The first-order valence-electron chi connectivity index (χ1n) is 5.76. The van der Waals surface area contributed by atoms with Gasteiger partial charge in [0.05, 0.1) is 5.66 Å². The highest BCUT2D eigenvalue weighted by Crippen LogP contribution is 2.24. The van der Waals surface area contributed by atoms with Gasteiger partial charge in [-0.1, -0.05) is 6.58 Å². The molecule has 0 saturated carbocycles. The van der Waals surface area contributed by atoms with Crippen LogP contribution in [0.15, 0.2) is 12.7 Å². The van der Waals surface area contributed by atoms with E-state index in [9.17, 15) is 4.79 Å². The molecule has 1 heterocycles. The van der Waals surface area contributed by atoms with E-state index in [1.165, 1.54) is 12.5 Å². The van der Waals surface area contributed by atoms with Gasteiger partial charge in [0.25, 0.3) is 0 Å². The van der Waals surface area contributed by atoms with Crippen LogP contribution in [0.2, 0.25) is 0 Å². The first-order chi connectivity index (χ1) is 7.48. The Morgan fingerprint density at radius 2 is 2.44 bits per heavy atom. The number of hydrogen-bond donors (Lipinski definition) is 1. The minimum absolute atomic E-state index is 0.0278. The van der Waals surface area contributed by atoms with Gasteiger partial charge in [0.15, 0.2) is 0 Å². The molecule has 1 rings (SSSR count). The zero-order chi connectivity index (χ0) is 12.2. The summed E-state index contributed by atoms with van der Waals surface area (Å²) in [5.41, 5.74) is 0.0278. The molecule has 0 aromatic heterocycles. The van der Waals surface area contributed by atoms with Gasteiger partial charge in [0.2, 0.25) is 0 Å². The minimum Gasteiger partial charge on any atom is -0.461 e. The van der Waals surface area contributed by atoms with Crippen molar-refractivity contribution >= 4 is 5.97 Å². The Kier molecular flexibility index (Phi) is 4.50. The van der Waals surface area contributed by atoms with Gasteiger partial charge in [-0.3, -0.25) is 10.2 Å². The average molecular weight is 226 g/mol. The lowest BCUT2D eigenvalue weighted by Crippen LogP contribution is -2.55. The van der Waals surface area contributed by atoms with Crippen LogP contribution < -0.4 is 5.32 Å². The monoisotopic (exact) mass is 226 g/mol. The topological polar surface area (TPSA) is 41.6 Å². The molecule has 1 N–H and O–H groups in total. The molecule has 0 aromatic carbocycles. The standard InChI is InChI=1S/C12H22N2O2/c1-5-11(15)16-9-10(2)13-12(3)7-6-8-14(12)4/h5,10,13H,1,6-9H2,2-4H3. The Morgan fingerprint density at radius 1 is 1.75 bits per heavy atom. The third-order valence-electron chi connectivity index (χ3n) is 3.20. The van der Waals surface area contributed by atoms with Crippen LogP contribution in [-0.4, -0.2) is 42.8 Å². The van der Waals surface area contributed by atoms with Crippen molar-refractivity contribution in [2.75, 3.05) is 20.2 Å². The summed E-state index contributed by atoms with van der Waals surface area (Å²) >= 11 is 0. The first-order valence-corrected chi connectivity index (χ1v) is 5.76. The maximum absolute atomic E-state index is 10.9. The number of hydrogen-bond acceptors (Lipinski definition) is 4. The van der Waals surface area contributed by atoms with Gasteiger partial charge in [-0.25, -0.2) is 4.79 Å². The Bertz CT molecular complexity index is 268. The molecule has 2 unspecified atom stereocenters. The van der Waals surface area contributed by atoms with Crippen molar-refractivity contribution in [3.05, 3.63) is 12.7 Å². The van der Waals surface area contributed by atoms with Crippen LogP contribution >= 0.6 is 0 Å². The molecule has 0 spiro atoms. The van der Waals surface area contributed by atoms with Crippen molar-refractivity contribution < 1.29 is 9.53 Å². The Morgan fingerprint density at radius 3 is 2.94 bits per heavy atom. The number of rotatable bonds is 5. The highest BCUT2D eigenvalue weighted by Gasteiger charge is 2.34. The number of nitrogens with one attached hydrogen (secondary N) is 1. The fourth-order valence-corrected chi connectivity index (χ4v) is 2.12. The molecule has 4 heteroatoms. The van der Waals surface area contributed by atoms with E-state index in [2.05, 4.69) is 30.8 Å². The van der Waals surface area contributed by atoms with E-state index >= 15 is 0 Å². The number of likely N-dealkylation sites (tertiary alicyclic amines) is 1. The van der Waals surface area contributed by atoms with Crippen molar-refractivity contribution in [3.8, 4) is 0 Å². The summed E-state index contributed by atoms with van der Waals surface area (Å²) in [7, 11) is 2.11.